The number of rotatable bonds is 6. The highest BCUT2D eigenvalue weighted by Gasteiger charge is 2.01. The van der Waals surface area contributed by atoms with Crippen molar-refractivity contribution < 1.29 is 9.53 Å². The summed E-state index contributed by atoms with van der Waals surface area (Å²) in [6, 6.07) is 17.6. The maximum Gasteiger partial charge on any atom is 0.315 e. The van der Waals surface area contributed by atoms with Crippen LogP contribution in [0.3, 0.4) is 0 Å². The van der Waals surface area contributed by atoms with E-state index < -0.39 is 0 Å². The predicted molar refractivity (Wildman–Crippen MR) is 93.9 cm³/mol. The van der Waals surface area contributed by atoms with Crippen LogP contribution in [0.15, 0.2) is 67.0 Å². The van der Waals surface area contributed by atoms with Gasteiger partial charge < -0.3 is 15.4 Å². The van der Waals surface area contributed by atoms with Crippen molar-refractivity contribution in [3.63, 3.8) is 0 Å². The Hall–Kier alpha value is -3.08. The lowest BCUT2D eigenvalue weighted by Gasteiger charge is -2.09. The minimum Gasteiger partial charge on any atom is -0.492 e. The molecule has 2 amide bonds. The fourth-order valence-corrected chi connectivity index (χ4v) is 2.34. The van der Waals surface area contributed by atoms with Gasteiger partial charge in [0.2, 0.25) is 0 Å². The van der Waals surface area contributed by atoms with E-state index in [9.17, 15) is 4.79 Å². The van der Waals surface area contributed by atoms with Crippen molar-refractivity contribution in [2.45, 2.75) is 6.54 Å². The van der Waals surface area contributed by atoms with Gasteiger partial charge in [-0.3, -0.25) is 4.98 Å². The smallest absolute Gasteiger partial charge is 0.315 e. The molecular formula is C19H19N3O2. The summed E-state index contributed by atoms with van der Waals surface area (Å²) in [4.78, 5) is 15.7. The van der Waals surface area contributed by atoms with E-state index in [-0.39, 0.29) is 6.03 Å². The zero-order valence-corrected chi connectivity index (χ0v) is 13.2. The molecule has 0 atom stereocenters. The number of carbonyl (C=O) groups is 1. The van der Waals surface area contributed by atoms with Crippen LogP contribution in [0.2, 0.25) is 0 Å². The number of benzene rings is 2. The summed E-state index contributed by atoms with van der Waals surface area (Å²) in [5.41, 5.74) is 0.958. The van der Waals surface area contributed by atoms with Gasteiger partial charge in [0.15, 0.2) is 0 Å². The van der Waals surface area contributed by atoms with Crippen molar-refractivity contribution in [2.75, 3.05) is 13.2 Å². The van der Waals surface area contributed by atoms with Crippen LogP contribution in [-0.4, -0.2) is 24.2 Å². The van der Waals surface area contributed by atoms with E-state index in [2.05, 4.69) is 21.7 Å². The van der Waals surface area contributed by atoms with Crippen molar-refractivity contribution in [3.05, 3.63) is 72.6 Å². The summed E-state index contributed by atoms with van der Waals surface area (Å²) < 4.78 is 5.67. The number of nitrogens with one attached hydrogen (secondary N) is 2. The van der Waals surface area contributed by atoms with Crippen molar-refractivity contribution in [1.82, 2.24) is 15.6 Å². The predicted octanol–water partition coefficient (Wildman–Crippen LogP) is 3.11. The quantitative estimate of drug-likeness (QED) is 0.686. The summed E-state index contributed by atoms with van der Waals surface area (Å²) in [5, 5.41) is 7.86. The molecule has 0 saturated heterocycles. The highest BCUT2D eigenvalue weighted by molar-refractivity contribution is 5.83. The summed E-state index contributed by atoms with van der Waals surface area (Å²) in [6.45, 7) is 1.30. The third-order valence-electron chi connectivity index (χ3n) is 3.55. The Kier molecular flexibility index (Phi) is 5.24. The molecule has 0 aliphatic heterocycles. The Bertz CT molecular complexity index is 806. The molecule has 0 aliphatic carbocycles. The standard InChI is InChI=1S/C19H19N3O2/c23-19(22-14-15-4-3-9-20-13-15)21-10-11-24-18-8-7-16-5-1-2-6-17(16)12-18/h1-9,12-13H,10-11,14H2,(H2,21,22,23). The molecule has 0 fully saturated rings. The second-order valence-electron chi connectivity index (χ2n) is 5.33. The normalized spacial score (nSPS) is 10.3. The molecule has 1 aromatic heterocycles. The molecule has 24 heavy (non-hydrogen) atoms. The lowest BCUT2D eigenvalue weighted by atomic mass is 10.1. The van der Waals surface area contributed by atoms with E-state index in [1.165, 1.54) is 5.39 Å². The minimum absolute atomic E-state index is 0.221. The Morgan fingerprint density at radius 2 is 1.88 bits per heavy atom. The van der Waals surface area contributed by atoms with E-state index in [1.54, 1.807) is 12.4 Å². The molecule has 3 aromatic rings. The molecule has 5 heteroatoms. The summed E-state index contributed by atoms with van der Waals surface area (Å²) >= 11 is 0. The number of pyridine rings is 1. The molecular weight excluding hydrogens is 302 g/mol. The summed E-state index contributed by atoms with van der Waals surface area (Å²) in [6.07, 6.45) is 3.43. The van der Waals surface area contributed by atoms with Gasteiger partial charge in [0.25, 0.3) is 0 Å². The molecule has 0 bridgehead atoms. The largest absolute Gasteiger partial charge is 0.492 e. The number of ether oxygens (including phenoxy) is 1. The second kappa shape index (κ2) is 7.97. The van der Waals surface area contributed by atoms with Crippen LogP contribution in [-0.2, 0) is 6.54 Å². The number of urea groups is 1. The third kappa shape index (κ3) is 4.46. The van der Waals surface area contributed by atoms with E-state index in [0.717, 1.165) is 16.7 Å². The first-order chi connectivity index (χ1) is 11.8. The number of hydrogen-bond donors (Lipinski definition) is 2. The number of carbonyl (C=O) groups excluding carboxylic acids is 1. The first kappa shape index (κ1) is 15.8. The number of fused-ring (bicyclic) bond motifs is 1. The highest BCUT2D eigenvalue weighted by atomic mass is 16.5. The zero-order chi connectivity index (χ0) is 16.6. The van der Waals surface area contributed by atoms with E-state index >= 15 is 0 Å². The van der Waals surface area contributed by atoms with Crippen LogP contribution in [0.25, 0.3) is 10.8 Å². The Morgan fingerprint density at radius 1 is 1.00 bits per heavy atom. The number of aromatic nitrogens is 1. The average molecular weight is 321 g/mol. The van der Waals surface area contributed by atoms with Crippen LogP contribution >= 0.6 is 0 Å². The van der Waals surface area contributed by atoms with Crippen molar-refractivity contribution in [1.29, 1.82) is 0 Å². The lowest BCUT2D eigenvalue weighted by Crippen LogP contribution is -2.37. The van der Waals surface area contributed by atoms with Crippen molar-refractivity contribution in [2.24, 2.45) is 0 Å². The molecule has 2 aromatic carbocycles. The van der Waals surface area contributed by atoms with E-state index in [1.807, 2.05) is 48.5 Å². The Labute approximate surface area is 140 Å². The molecule has 0 radical (unpaired) electrons. The molecule has 1 heterocycles. The fraction of sp³-hybridized carbons (Fsp3) is 0.158. The van der Waals surface area contributed by atoms with Gasteiger partial charge in [0.1, 0.15) is 12.4 Å². The topological polar surface area (TPSA) is 63.2 Å². The van der Waals surface area contributed by atoms with E-state index in [0.29, 0.717) is 19.7 Å². The average Bonchev–Trinajstić information content (AvgIpc) is 2.64. The lowest BCUT2D eigenvalue weighted by molar-refractivity contribution is 0.236. The molecule has 0 aliphatic rings. The Morgan fingerprint density at radius 3 is 2.71 bits per heavy atom. The third-order valence-corrected chi connectivity index (χ3v) is 3.55. The van der Waals surface area contributed by atoms with Crippen LogP contribution in [0, 0.1) is 0 Å². The maximum absolute atomic E-state index is 11.7. The summed E-state index contributed by atoms with van der Waals surface area (Å²) in [7, 11) is 0. The van der Waals surface area contributed by atoms with Gasteiger partial charge in [-0.05, 0) is 34.5 Å². The van der Waals surface area contributed by atoms with Crippen molar-refractivity contribution in [3.8, 4) is 5.75 Å². The van der Waals surface area contributed by atoms with Gasteiger partial charge in [-0.1, -0.05) is 36.4 Å². The molecule has 3 rings (SSSR count). The zero-order valence-electron chi connectivity index (χ0n) is 13.2. The van der Waals surface area contributed by atoms with Gasteiger partial charge in [-0.25, -0.2) is 4.79 Å². The molecule has 0 spiro atoms. The monoisotopic (exact) mass is 321 g/mol. The second-order valence-corrected chi connectivity index (χ2v) is 5.33. The highest BCUT2D eigenvalue weighted by Crippen LogP contribution is 2.20. The maximum atomic E-state index is 11.7. The van der Waals surface area contributed by atoms with E-state index in [4.69, 9.17) is 4.74 Å². The molecule has 5 nitrogen and oxygen atoms in total. The minimum atomic E-state index is -0.221. The van der Waals surface area contributed by atoms with Gasteiger partial charge in [-0.15, -0.1) is 0 Å². The van der Waals surface area contributed by atoms with Crippen LogP contribution in [0.1, 0.15) is 5.56 Å². The van der Waals surface area contributed by atoms with Crippen molar-refractivity contribution >= 4 is 16.8 Å². The first-order valence-electron chi connectivity index (χ1n) is 7.83. The van der Waals surface area contributed by atoms with Crippen LogP contribution in [0.5, 0.6) is 5.75 Å². The SMILES string of the molecule is O=C(NCCOc1ccc2ccccc2c1)NCc1cccnc1. The van der Waals surface area contributed by atoms with Gasteiger partial charge >= 0.3 is 6.03 Å². The van der Waals surface area contributed by atoms with Crippen LogP contribution < -0.4 is 15.4 Å². The number of nitrogens with zero attached hydrogens (tertiary/aromatic N) is 1. The van der Waals surface area contributed by atoms with Gasteiger partial charge in [0.05, 0.1) is 6.54 Å². The molecule has 0 saturated carbocycles. The molecule has 122 valence electrons. The summed E-state index contributed by atoms with van der Waals surface area (Å²) in [5.74, 6) is 0.797. The van der Waals surface area contributed by atoms with Crippen LogP contribution in [0.4, 0.5) is 4.79 Å². The van der Waals surface area contributed by atoms with Gasteiger partial charge in [0, 0.05) is 18.9 Å². The number of hydrogen-bond acceptors (Lipinski definition) is 3. The molecule has 0 unspecified atom stereocenters. The number of amides is 2. The fourth-order valence-electron chi connectivity index (χ4n) is 2.34. The molecule has 2 N–H and O–H groups in total. The first-order valence-corrected chi connectivity index (χ1v) is 7.83. The Balaban J connectivity index is 1.39. The van der Waals surface area contributed by atoms with Gasteiger partial charge in [-0.2, -0.15) is 0 Å².